The van der Waals surface area contributed by atoms with Crippen LogP contribution in [0, 0.1) is 12.7 Å². The molecular formula is C22H25F3N6O2. The van der Waals surface area contributed by atoms with E-state index in [1.807, 2.05) is 6.92 Å². The van der Waals surface area contributed by atoms with Crippen LogP contribution in [0.15, 0.2) is 36.4 Å². The first-order valence-electron chi connectivity index (χ1n) is 10.2. The number of ether oxygens (including phenoxy) is 1. The lowest BCUT2D eigenvalue weighted by atomic mass is 9.99. The summed E-state index contributed by atoms with van der Waals surface area (Å²) >= 11 is 0. The predicted octanol–water partition coefficient (Wildman–Crippen LogP) is 3.94. The summed E-state index contributed by atoms with van der Waals surface area (Å²) in [6.07, 6.45) is -2.77. The van der Waals surface area contributed by atoms with Gasteiger partial charge in [-0.05, 0) is 48.9 Å². The number of benzene rings is 1. The summed E-state index contributed by atoms with van der Waals surface area (Å²) in [5.41, 5.74) is 10.1. The molecule has 0 bridgehead atoms. The second kappa shape index (κ2) is 11.0. The van der Waals surface area contributed by atoms with E-state index in [1.54, 1.807) is 25.1 Å². The molecule has 0 aliphatic heterocycles. The number of nitrogen functional groups attached to an aromatic ring is 1. The lowest BCUT2D eigenvalue weighted by Gasteiger charge is -2.20. The van der Waals surface area contributed by atoms with E-state index in [0.29, 0.717) is 41.2 Å². The van der Waals surface area contributed by atoms with Gasteiger partial charge in [-0.1, -0.05) is 6.92 Å². The number of nitrogens with one attached hydrogen (secondary N) is 1. The van der Waals surface area contributed by atoms with E-state index in [0.717, 1.165) is 0 Å². The van der Waals surface area contributed by atoms with Crippen molar-refractivity contribution in [2.75, 3.05) is 32.5 Å². The van der Waals surface area contributed by atoms with E-state index in [4.69, 9.17) is 15.4 Å². The monoisotopic (exact) mass is 462 g/mol. The van der Waals surface area contributed by atoms with Crippen molar-refractivity contribution in [3.8, 4) is 28.3 Å². The van der Waals surface area contributed by atoms with Gasteiger partial charge >= 0.3 is 0 Å². The van der Waals surface area contributed by atoms with Crippen LogP contribution in [-0.2, 0) is 4.94 Å². The Labute approximate surface area is 189 Å². The number of halogens is 3. The number of nitrogens with zero attached hydrogens (tertiary/aromatic N) is 4. The van der Waals surface area contributed by atoms with Gasteiger partial charge in [-0.2, -0.15) is 15.5 Å². The molecule has 0 unspecified atom stereocenters. The number of hydroxylamine groups is 3. The molecule has 33 heavy (non-hydrogen) atoms. The van der Waals surface area contributed by atoms with Crippen molar-refractivity contribution in [1.29, 1.82) is 0 Å². The zero-order chi connectivity index (χ0) is 24.0. The van der Waals surface area contributed by atoms with E-state index >= 15 is 0 Å². The first-order valence-corrected chi connectivity index (χ1v) is 10.2. The number of aryl methyl sites for hydroxylation is 1. The maximum absolute atomic E-state index is 13.5. The molecule has 0 aliphatic carbocycles. The fourth-order valence-corrected chi connectivity index (χ4v) is 3.23. The van der Waals surface area contributed by atoms with Gasteiger partial charge in [0.25, 0.3) is 6.43 Å². The third-order valence-corrected chi connectivity index (χ3v) is 4.65. The van der Waals surface area contributed by atoms with Gasteiger partial charge in [0.05, 0.1) is 17.8 Å². The second-order valence-electron chi connectivity index (χ2n) is 7.01. The fraction of sp³-hybridized carbons (Fsp3) is 0.318. The van der Waals surface area contributed by atoms with Crippen LogP contribution in [0.3, 0.4) is 0 Å². The molecule has 2 heterocycles. The number of nitrogens with two attached hydrogens (primary N) is 1. The van der Waals surface area contributed by atoms with Crippen molar-refractivity contribution >= 4 is 5.95 Å². The Morgan fingerprint density at radius 1 is 1.09 bits per heavy atom. The molecule has 0 saturated carbocycles. The Morgan fingerprint density at radius 3 is 2.45 bits per heavy atom. The van der Waals surface area contributed by atoms with Crippen molar-refractivity contribution in [3.05, 3.63) is 53.6 Å². The van der Waals surface area contributed by atoms with E-state index < -0.39 is 17.9 Å². The van der Waals surface area contributed by atoms with Crippen LogP contribution >= 0.6 is 0 Å². The van der Waals surface area contributed by atoms with Crippen molar-refractivity contribution in [2.45, 2.75) is 20.3 Å². The van der Waals surface area contributed by atoms with Crippen molar-refractivity contribution in [2.24, 2.45) is 0 Å². The standard InChI is InChI=1S/C22H25F3N6O2/c1-4-31(33-27-3)9-10-32-21-18(15-11-13(2)28-17(12-15)20(24)25)19(29-22(26)30-21)14-5-7-16(23)8-6-14/h5-8,11-12,20,27H,4,9-10H2,1-3H3,(H2,26,29,30). The molecule has 1 aromatic carbocycles. The van der Waals surface area contributed by atoms with Crippen molar-refractivity contribution < 1.29 is 22.8 Å². The number of rotatable bonds is 10. The molecule has 0 radical (unpaired) electrons. The Balaban J connectivity index is 2.12. The van der Waals surface area contributed by atoms with Crippen LogP contribution in [0.5, 0.6) is 5.88 Å². The zero-order valence-corrected chi connectivity index (χ0v) is 18.5. The van der Waals surface area contributed by atoms with Gasteiger partial charge in [0.1, 0.15) is 18.1 Å². The summed E-state index contributed by atoms with van der Waals surface area (Å²) in [5, 5.41) is 1.62. The largest absolute Gasteiger partial charge is 0.476 e. The smallest absolute Gasteiger partial charge is 0.280 e. The summed E-state index contributed by atoms with van der Waals surface area (Å²) in [7, 11) is 1.63. The van der Waals surface area contributed by atoms with Crippen LogP contribution in [0.25, 0.3) is 22.4 Å². The molecule has 176 valence electrons. The highest BCUT2D eigenvalue weighted by atomic mass is 19.3. The van der Waals surface area contributed by atoms with E-state index in [-0.39, 0.29) is 18.4 Å². The predicted molar refractivity (Wildman–Crippen MR) is 118 cm³/mol. The van der Waals surface area contributed by atoms with Crippen LogP contribution in [0.1, 0.15) is 24.7 Å². The van der Waals surface area contributed by atoms with Crippen molar-refractivity contribution in [3.63, 3.8) is 0 Å². The number of aromatic nitrogens is 3. The Kier molecular flexibility index (Phi) is 8.15. The summed E-state index contributed by atoms with van der Waals surface area (Å²) in [6, 6.07) is 8.47. The highest BCUT2D eigenvalue weighted by Crippen LogP contribution is 2.39. The molecule has 2 aromatic heterocycles. The zero-order valence-electron chi connectivity index (χ0n) is 18.5. The van der Waals surface area contributed by atoms with Gasteiger partial charge in [0, 0.05) is 24.8 Å². The molecule has 3 rings (SSSR count). The molecule has 8 nitrogen and oxygen atoms in total. The Morgan fingerprint density at radius 2 is 1.82 bits per heavy atom. The van der Waals surface area contributed by atoms with Gasteiger partial charge in [-0.15, -0.1) is 0 Å². The number of pyridine rings is 1. The lowest BCUT2D eigenvalue weighted by Crippen LogP contribution is -2.33. The normalized spacial score (nSPS) is 11.4. The number of alkyl halides is 2. The van der Waals surface area contributed by atoms with Gasteiger partial charge in [-0.3, -0.25) is 4.98 Å². The number of hydrogen-bond donors (Lipinski definition) is 2. The van der Waals surface area contributed by atoms with Crippen molar-refractivity contribution in [1.82, 2.24) is 25.5 Å². The third kappa shape index (κ3) is 6.15. The number of likely N-dealkylation sites (N-methyl/N-ethyl adjacent to an activating group) is 1. The Hall–Kier alpha value is -3.28. The Bertz CT molecular complexity index is 1080. The molecule has 11 heteroatoms. The first-order chi connectivity index (χ1) is 15.8. The number of anilines is 1. The maximum atomic E-state index is 13.5. The SMILES string of the molecule is CCN(CCOc1nc(N)nc(-c2ccc(F)cc2)c1-c1cc(C)nc(C(F)F)c1)ONC. The minimum Gasteiger partial charge on any atom is -0.476 e. The molecule has 0 aliphatic rings. The molecule has 3 N–H and O–H groups in total. The second-order valence-corrected chi connectivity index (χ2v) is 7.01. The van der Waals surface area contributed by atoms with Gasteiger partial charge < -0.3 is 10.5 Å². The summed E-state index contributed by atoms with van der Waals surface area (Å²) < 4.78 is 46.4. The van der Waals surface area contributed by atoms with E-state index in [2.05, 4.69) is 20.4 Å². The highest BCUT2D eigenvalue weighted by Gasteiger charge is 2.21. The molecule has 0 saturated heterocycles. The van der Waals surface area contributed by atoms with Gasteiger partial charge in [-0.25, -0.2) is 23.1 Å². The topological polar surface area (TPSA) is 98.4 Å². The minimum absolute atomic E-state index is 0.0771. The maximum Gasteiger partial charge on any atom is 0.280 e. The summed E-state index contributed by atoms with van der Waals surface area (Å²) in [5.74, 6) is -0.400. The summed E-state index contributed by atoms with van der Waals surface area (Å²) in [6.45, 7) is 4.65. The highest BCUT2D eigenvalue weighted by molar-refractivity contribution is 5.85. The van der Waals surface area contributed by atoms with E-state index in [9.17, 15) is 13.2 Å². The van der Waals surface area contributed by atoms with E-state index in [1.165, 1.54) is 30.3 Å². The lowest BCUT2D eigenvalue weighted by molar-refractivity contribution is -0.203. The molecule has 0 amide bonds. The third-order valence-electron chi connectivity index (χ3n) is 4.65. The molecule has 0 spiro atoms. The fourth-order valence-electron chi connectivity index (χ4n) is 3.23. The first kappa shape index (κ1) is 24.4. The van der Waals surface area contributed by atoms with Gasteiger partial charge in [0.15, 0.2) is 0 Å². The average Bonchev–Trinajstić information content (AvgIpc) is 2.78. The molecule has 0 atom stereocenters. The van der Waals surface area contributed by atoms with Crippen LogP contribution < -0.4 is 16.0 Å². The van der Waals surface area contributed by atoms with Crippen LogP contribution in [0.4, 0.5) is 19.1 Å². The van der Waals surface area contributed by atoms with Gasteiger partial charge in [0.2, 0.25) is 11.8 Å². The van der Waals surface area contributed by atoms with Crippen LogP contribution in [-0.4, -0.2) is 46.8 Å². The quantitative estimate of drug-likeness (QED) is 0.437. The average molecular weight is 462 g/mol. The minimum atomic E-state index is -2.77. The van der Waals surface area contributed by atoms with Crippen LogP contribution in [0.2, 0.25) is 0 Å². The summed E-state index contributed by atoms with van der Waals surface area (Å²) in [4.78, 5) is 17.7. The molecular weight excluding hydrogens is 437 g/mol. The number of hydrogen-bond acceptors (Lipinski definition) is 8. The molecule has 0 fully saturated rings. The molecule has 3 aromatic rings.